The number of hydrogen-bond acceptors (Lipinski definition) is 2. The number of nitrogens with one attached hydrogen (secondary N) is 1. The number of halogens is 2. The van der Waals surface area contributed by atoms with E-state index in [4.69, 9.17) is 28.9 Å². The fourth-order valence-corrected chi connectivity index (χ4v) is 1.69. The summed E-state index contributed by atoms with van der Waals surface area (Å²) in [5, 5.41) is 3.46. The van der Waals surface area contributed by atoms with E-state index in [-0.39, 0.29) is 21.4 Å². The molecule has 1 amide bonds. The average Bonchev–Trinajstić information content (AvgIpc) is 2.32. The summed E-state index contributed by atoms with van der Waals surface area (Å²) >= 11 is 11.8. The zero-order chi connectivity index (χ0) is 14.8. The van der Waals surface area contributed by atoms with Gasteiger partial charge in [-0.15, -0.1) is 0 Å². The number of anilines is 1. The monoisotopic (exact) mass is 302 g/mol. The van der Waals surface area contributed by atoms with E-state index in [1.54, 1.807) is 0 Å². The molecule has 5 heteroatoms. The lowest BCUT2D eigenvalue weighted by molar-refractivity contribution is 0.0925. The molecule has 0 spiro atoms. The summed E-state index contributed by atoms with van der Waals surface area (Å²) in [6.45, 7) is 9.07. The van der Waals surface area contributed by atoms with Crippen LogP contribution in [0.4, 0.5) is 5.69 Å². The highest BCUT2D eigenvalue weighted by molar-refractivity contribution is 6.43. The predicted molar refractivity (Wildman–Crippen MR) is 81.8 cm³/mol. The van der Waals surface area contributed by atoms with Gasteiger partial charge in [-0.05, 0) is 23.5 Å². The Hall–Kier alpha value is -0.930. The summed E-state index contributed by atoms with van der Waals surface area (Å²) in [4.78, 5) is 12.1. The minimum absolute atomic E-state index is 0.0252. The molecule has 0 heterocycles. The van der Waals surface area contributed by atoms with E-state index >= 15 is 0 Å². The first-order chi connectivity index (χ1) is 8.65. The number of hydrogen-bond donors (Lipinski definition) is 2. The van der Waals surface area contributed by atoms with Gasteiger partial charge in [-0.2, -0.15) is 0 Å². The Morgan fingerprint density at radius 2 is 1.95 bits per heavy atom. The molecule has 0 saturated carbocycles. The third kappa shape index (κ3) is 4.02. The van der Waals surface area contributed by atoms with Crippen LogP contribution in [0, 0.1) is 11.3 Å². The summed E-state index contributed by atoms with van der Waals surface area (Å²) in [6.07, 6.45) is 0. The molecule has 0 aromatic heterocycles. The third-order valence-corrected chi connectivity index (χ3v) is 4.40. The van der Waals surface area contributed by atoms with Gasteiger partial charge in [-0.25, -0.2) is 0 Å². The Morgan fingerprint density at radius 3 is 2.42 bits per heavy atom. The molecule has 3 nitrogen and oxygen atoms in total. The van der Waals surface area contributed by atoms with E-state index in [1.165, 1.54) is 12.1 Å². The van der Waals surface area contributed by atoms with Crippen LogP contribution in [-0.2, 0) is 0 Å². The maximum Gasteiger partial charge on any atom is 0.251 e. The number of carbonyl (C=O) groups is 1. The molecule has 0 aliphatic rings. The molecule has 0 atom stereocenters. The normalized spacial score (nSPS) is 11.7. The van der Waals surface area contributed by atoms with Crippen LogP contribution >= 0.6 is 23.2 Å². The fourth-order valence-electron chi connectivity index (χ4n) is 1.36. The average molecular weight is 303 g/mol. The predicted octanol–water partition coefficient (Wildman–Crippen LogP) is 3.99. The Labute approximate surface area is 124 Å². The summed E-state index contributed by atoms with van der Waals surface area (Å²) in [6, 6.07) is 3.06. The molecule has 0 unspecified atom stereocenters. The largest absolute Gasteiger partial charge is 0.397 e. The second kappa shape index (κ2) is 6.02. The van der Waals surface area contributed by atoms with Crippen molar-refractivity contribution in [2.24, 2.45) is 11.3 Å². The Morgan fingerprint density at radius 1 is 1.37 bits per heavy atom. The quantitative estimate of drug-likeness (QED) is 0.826. The number of amides is 1. The SMILES string of the molecule is CC(C)C(C)(C)CNC(=O)c1cc(N)c(Cl)c(Cl)c1. The minimum atomic E-state index is -0.195. The number of nitrogens with two attached hydrogens (primary N) is 1. The van der Waals surface area contributed by atoms with Crippen LogP contribution in [0.25, 0.3) is 0 Å². The van der Waals surface area contributed by atoms with Gasteiger partial charge in [0.05, 0.1) is 15.7 Å². The van der Waals surface area contributed by atoms with Gasteiger partial charge in [-0.3, -0.25) is 4.79 Å². The van der Waals surface area contributed by atoms with E-state index in [1.807, 2.05) is 0 Å². The standard InChI is InChI=1S/C14H20Cl2N2O/c1-8(2)14(3,4)7-18-13(19)9-5-10(15)12(16)11(17)6-9/h5-6,8H,7,17H2,1-4H3,(H,18,19). The van der Waals surface area contributed by atoms with E-state index in [0.29, 0.717) is 23.7 Å². The molecule has 106 valence electrons. The van der Waals surface area contributed by atoms with Gasteiger partial charge < -0.3 is 11.1 Å². The second-order valence-corrected chi connectivity index (χ2v) is 6.47. The second-order valence-electron chi connectivity index (χ2n) is 5.69. The number of benzene rings is 1. The highest BCUT2D eigenvalue weighted by Gasteiger charge is 2.23. The van der Waals surface area contributed by atoms with Gasteiger partial charge in [0.15, 0.2) is 0 Å². The maximum absolute atomic E-state index is 12.1. The topological polar surface area (TPSA) is 55.1 Å². The lowest BCUT2D eigenvalue weighted by Crippen LogP contribution is -2.37. The molecule has 0 radical (unpaired) electrons. The van der Waals surface area contributed by atoms with Gasteiger partial charge in [0, 0.05) is 12.1 Å². The molecule has 0 saturated heterocycles. The summed E-state index contributed by atoms with van der Waals surface area (Å²) in [5.41, 5.74) is 6.45. The van der Waals surface area contributed by atoms with E-state index in [9.17, 15) is 4.79 Å². The molecule has 1 rings (SSSR count). The highest BCUT2D eigenvalue weighted by Crippen LogP contribution is 2.29. The van der Waals surface area contributed by atoms with Crippen molar-refractivity contribution in [1.29, 1.82) is 0 Å². The number of carbonyl (C=O) groups excluding carboxylic acids is 1. The van der Waals surface area contributed by atoms with Gasteiger partial charge in [-0.1, -0.05) is 50.9 Å². The molecule has 0 aliphatic heterocycles. The van der Waals surface area contributed by atoms with Gasteiger partial charge in [0.1, 0.15) is 0 Å². The lowest BCUT2D eigenvalue weighted by atomic mass is 9.81. The molecular weight excluding hydrogens is 283 g/mol. The van der Waals surface area contributed by atoms with Crippen molar-refractivity contribution in [3.63, 3.8) is 0 Å². The van der Waals surface area contributed by atoms with Crippen LogP contribution in [0.3, 0.4) is 0 Å². The molecule has 0 bridgehead atoms. The summed E-state index contributed by atoms with van der Waals surface area (Å²) < 4.78 is 0. The van der Waals surface area contributed by atoms with Crippen molar-refractivity contribution >= 4 is 34.8 Å². The summed E-state index contributed by atoms with van der Waals surface area (Å²) in [7, 11) is 0. The molecular formula is C14H20Cl2N2O. The van der Waals surface area contributed by atoms with Crippen molar-refractivity contribution in [1.82, 2.24) is 5.32 Å². The van der Waals surface area contributed by atoms with Crippen LogP contribution in [0.1, 0.15) is 38.1 Å². The fraction of sp³-hybridized carbons (Fsp3) is 0.500. The smallest absolute Gasteiger partial charge is 0.251 e. The van der Waals surface area contributed by atoms with E-state index < -0.39 is 0 Å². The zero-order valence-electron chi connectivity index (χ0n) is 11.7. The van der Waals surface area contributed by atoms with Crippen LogP contribution in [-0.4, -0.2) is 12.5 Å². The van der Waals surface area contributed by atoms with Gasteiger partial charge in [0.25, 0.3) is 5.91 Å². The number of nitrogen functional groups attached to an aromatic ring is 1. The third-order valence-electron chi connectivity index (χ3n) is 3.59. The van der Waals surface area contributed by atoms with Crippen LogP contribution < -0.4 is 11.1 Å². The van der Waals surface area contributed by atoms with E-state index in [2.05, 4.69) is 33.0 Å². The Kier molecular flexibility index (Phi) is 5.11. The first-order valence-corrected chi connectivity index (χ1v) is 6.93. The van der Waals surface area contributed by atoms with Crippen LogP contribution in [0.5, 0.6) is 0 Å². The number of rotatable bonds is 4. The van der Waals surface area contributed by atoms with Crippen molar-refractivity contribution in [2.45, 2.75) is 27.7 Å². The van der Waals surface area contributed by atoms with Crippen molar-refractivity contribution in [3.8, 4) is 0 Å². The first-order valence-electron chi connectivity index (χ1n) is 6.18. The molecule has 19 heavy (non-hydrogen) atoms. The Balaban J connectivity index is 2.80. The van der Waals surface area contributed by atoms with Crippen molar-refractivity contribution < 1.29 is 4.79 Å². The van der Waals surface area contributed by atoms with Crippen molar-refractivity contribution in [2.75, 3.05) is 12.3 Å². The molecule has 0 fully saturated rings. The Bertz CT molecular complexity index is 461. The van der Waals surface area contributed by atoms with Crippen LogP contribution in [0.2, 0.25) is 10.0 Å². The molecule has 3 N–H and O–H groups in total. The molecule has 1 aromatic rings. The minimum Gasteiger partial charge on any atom is -0.397 e. The highest BCUT2D eigenvalue weighted by atomic mass is 35.5. The first kappa shape index (κ1) is 16.1. The van der Waals surface area contributed by atoms with Crippen LogP contribution in [0.15, 0.2) is 12.1 Å². The summed E-state index contributed by atoms with van der Waals surface area (Å²) in [5.74, 6) is 0.269. The lowest BCUT2D eigenvalue weighted by Gasteiger charge is -2.29. The molecule has 0 aliphatic carbocycles. The molecule has 1 aromatic carbocycles. The van der Waals surface area contributed by atoms with E-state index in [0.717, 1.165) is 0 Å². The maximum atomic E-state index is 12.1. The van der Waals surface area contributed by atoms with Crippen molar-refractivity contribution in [3.05, 3.63) is 27.7 Å². The van der Waals surface area contributed by atoms with Gasteiger partial charge >= 0.3 is 0 Å². The van der Waals surface area contributed by atoms with Gasteiger partial charge in [0.2, 0.25) is 0 Å². The zero-order valence-corrected chi connectivity index (χ0v) is 13.2.